The minimum atomic E-state index is -0.585. The SMILES string of the molecule is COC(=O)/C=C/n1nnn(-c2cccnc2)c1=O. The van der Waals surface area contributed by atoms with Gasteiger partial charge in [-0.25, -0.2) is 9.59 Å². The van der Waals surface area contributed by atoms with Gasteiger partial charge in [0.2, 0.25) is 0 Å². The van der Waals surface area contributed by atoms with E-state index in [2.05, 4.69) is 20.1 Å². The third-order valence-electron chi connectivity index (χ3n) is 2.05. The molecule has 8 heteroatoms. The molecule has 0 amide bonds. The van der Waals surface area contributed by atoms with E-state index in [1.54, 1.807) is 18.3 Å². The summed E-state index contributed by atoms with van der Waals surface area (Å²) in [6.07, 6.45) is 5.30. The largest absolute Gasteiger partial charge is 0.466 e. The lowest BCUT2D eigenvalue weighted by Crippen LogP contribution is -2.21. The number of carbonyl (C=O) groups excluding carboxylic acids is 1. The molecule has 0 saturated heterocycles. The summed E-state index contributed by atoms with van der Waals surface area (Å²) in [4.78, 5) is 26.6. The van der Waals surface area contributed by atoms with Crippen molar-refractivity contribution in [1.82, 2.24) is 24.8 Å². The fourth-order valence-corrected chi connectivity index (χ4v) is 1.19. The van der Waals surface area contributed by atoms with Crippen molar-refractivity contribution in [3.05, 3.63) is 41.1 Å². The number of tetrazole rings is 1. The van der Waals surface area contributed by atoms with E-state index in [0.29, 0.717) is 5.69 Å². The summed E-state index contributed by atoms with van der Waals surface area (Å²) in [7, 11) is 1.24. The summed E-state index contributed by atoms with van der Waals surface area (Å²) in [5, 5.41) is 7.26. The second-order valence-corrected chi connectivity index (χ2v) is 3.17. The maximum Gasteiger partial charge on any atom is 0.372 e. The highest BCUT2D eigenvalue weighted by molar-refractivity contribution is 5.84. The van der Waals surface area contributed by atoms with Crippen LogP contribution >= 0.6 is 0 Å². The summed E-state index contributed by atoms with van der Waals surface area (Å²) < 4.78 is 6.38. The molecule has 2 aromatic heterocycles. The molecule has 0 aliphatic carbocycles. The topological polar surface area (TPSA) is 91.9 Å². The van der Waals surface area contributed by atoms with Crippen molar-refractivity contribution < 1.29 is 9.53 Å². The molecule has 0 atom stereocenters. The van der Waals surface area contributed by atoms with Crippen molar-refractivity contribution in [2.45, 2.75) is 0 Å². The molecule has 0 radical (unpaired) electrons. The van der Waals surface area contributed by atoms with Crippen LogP contribution < -0.4 is 5.69 Å². The number of rotatable bonds is 3. The normalized spacial score (nSPS) is 10.7. The third-order valence-corrected chi connectivity index (χ3v) is 2.05. The van der Waals surface area contributed by atoms with Crippen molar-refractivity contribution in [2.24, 2.45) is 0 Å². The highest BCUT2D eigenvalue weighted by Crippen LogP contribution is 1.97. The van der Waals surface area contributed by atoms with E-state index in [1.807, 2.05) is 0 Å². The summed E-state index contributed by atoms with van der Waals surface area (Å²) >= 11 is 0. The van der Waals surface area contributed by atoms with E-state index in [4.69, 9.17) is 0 Å². The van der Waals surface area contributed by atoms with Crippen LogP contribution in [0.25, 0.3) is 11.9 Å². The Morgan fingerprint density at radius 2 is 2.28 bits per heavy atom. The number of carbonyl (C=O) groups is 1. The maximum atomic E-state index is 11.8. The van der Waals surface area contributed by atoms with Gasteiger partial charge in [0.1, 0.15) is 0 Å². The summed E-state index contributed by atoms with van der Waals surface area (Å²) in [5.74, 6) is -0.585. The average molecular weight is 247 g/mol. The van der Waals surface area contributed by atoms with Crippen molar-refractivity contribution in [3.63, 3.8) is 0 Å². The van der Waals surface area contributed by atoms with E-state index < -0.39 is 11.7 Å². The molecular weight excluding hydrogens is 238 g/mol. The van der Waals surface area contributed by atoms with Crippen molar-refractivity contribution in [2.75, 3.05) is 7.11 Å². The van der Waals surface area contributed by atoms with Crippen LogP contribution in [0.1, 0.15) is 0 Å². The van der Waals surface area contributed by atoms with E-state index >= 15 is 0 Å². The molecule has 0 bridgehead atoms. The molecule has 0 fully saturated rings. The fourth-order valence-electron chi connectivity index (χ4n) is 1.19. The first kappa shape index (κ1) is 11.7. The molecule has 0 N–H and O–H groups in total. The average Bonchev–Trinajstić information content (AvgIpc) is 2.78. The van der Waals surface area contributed by atoms with Crippen LogP contribution in [0.4, 0.5) is 0 Å². The van der Waals surface area contributed by atoms with Gasteiger partial charge < -0.3 is 4.74 Å². The standard InChI is InChI=1S/C10H9N5O3/c1-18-9(16)4-6-14-10(17)15(13-12-14)8-3-2-5-11-7-8/h2-7H,1H3/b6-4+. The molecule has 2 aromatic rings. The van der Waals surface area contributed by atoms with Gasteiger partial charge in [0.15, 0.2) is 0 Å². The van der Waals surface area contributed by atoms with Crippen LogP contribution in [0.15, 0.2) is 35.4 Å². The van der Waals surface area contributed by atoms with Crippen molar-refractivity contribution >= 4 is 12.2 Å². The lowest BCUT2D eigenvalue weighted by molar-refractivity contribution is -0.134. The van der Waals surface area contributed by atoms with Gasteiger partial charge in [0, 0.05) is 18.5 Å². The number of nitrogens with zero attached hydrogens (tertiary/aromatic N) is 5. The number of esters is 1. The summed E-state index contributed by atoms with van der Waals surface area (Å²) in [6, 6.07) is 3.34. The van der Waals surface area contributed by atoms with Gasteiger partial charge in [-0.1, -0.05) is 0 Å². The van der Waals surface area contributed by atoms with E-state index in [-0.39, 0.29) is 0 Å². The Hall–Kier alpha value is -2.77. The van der Waals surface area contributed by atoms with Crippen LogP contribution in [0.5, 0.6) is 0 Å². The van der Waals surface area contributed by atoms with E-state index in [9.17, 15) is 9.59 Å². The van der Waals surface area contributed by atoms with Gasteiger partial charge in [0.25, 0.3) is 0 Å². The Balaban J connectivity index is 2.33. The first-order valence-corrected chi connectivity index (χ1v) is 4.93. The van der Waals surface area contributed by atoms with Gasteiger partial charge in [0.05, 0.1) is 19.0 Å². The summed E-state index contributed by atoms with van der Waals surface area (Å²) in [6.45, 7) is 0. The van der Waals surface area contributed by atoms with Crippen LogP contribution in [0.3, 0.4) is 0 Å². The zero-order valence-corrected chi connectivity index (χ0v) is 9.42. The third kappa shape index (κ3) is 2.32. The predicted octanol–water partition coefficient (Wildman–Crippen LogP) is -0.532. The Bertz CT molecular complexity index is 628. The van der Waals surface area contributed by atoms with Gasteiger partial charge in [-0.05, 0) is 22.6 Å². The van der Waals surface area contributed by atoms with Crippen molar-refractivity contribution in [3.8, 4) is 5.69 Å². The molecule has 92 valence electrons. The molecule has 8 nitrogen and oxygen atoms in total. The molecule has 0 aromatic carbocycles. The molecule has 18 heavy (non-hydrogen) atoms. The monoisotopic (exact) mass is 247 g/mol. The smallest absolute Gasteiger partial charge is 0.372 e. The van der Waals surface area contributed by atoms with Crippen LogP contribution in [0, 0.1) is 0 Å². The number of hydrogen-bond acceptors (Lipinski definition) is 6. The number of hydrogen-bond donors (Lipinski definition) is 0. The molecule has 0 aliphatic heterocycles. The molecule has 0 unspecified atom stereocenters. The molecule has 2 heterocycles. The minimum Gasteiger partial charge on any atom is -0.466 e. The van der Waals surface area contributed by atoms with Gasteiger partial charge in [-0.2, -0.15) is 9.36 Å². The Kier molecular flexibility index (Phi) is 3.28. The number of methoxy groups -OCH3 is 1. The Morgan fingerprint density at radius 1 is 1.44 bits per heavy atom. The van der Waals surface area contributed by atoms with Crippen LogP contribution in [-0.2, 0) is 9.53 Å². The second-order valence-electron chi connectivity index (χ2n) is 3.17. The predicted molar refractivity (Wildman–Crippen MR) is 60.8 cm³/mol. The first-order valence-electron chi connectivity index (χ1n) is 4.93. The van der Waals surface area contributed by atoms with E-state index in [1.165, 1.54) is 19.5 Å². The van der Waals surface area contributed by atoms with Gasteiger partial charge in [-0.15, -0.1) is 0 Å². The van der Waals surface area contributed by atoms with Gasteiger partial charge >= 0.3 is 11.7 Å². The molecule has 0 aliphatic rings. The van der Waals surface area contributed by atoms with Crippen molar-refractivity contribution in [1.29, 1.82) is 0 Å². The lowest BCUT2D eigenvalue weighted by Gasteiger charge is -1.94. The van der Waals surface area contributed by atoms with E-state index in [0.717, 1.165) is 15.4 Å². The zero-order chi connectivity index (χ0) is 13.0. The molecular formula is C10H9N5O3. The first-order chi connectivity index (χ1) is 8.72. The second kappa shape index (κ2) is 5.04. The fraction of sp³-hybridized carbons (Fsp3) is 0.100. The lowest BCUT2D eigenvalue weighted by atomic mass is 10.4. The number of aromatic nitrogens is 5. The molecule has 0 saturated carbocycles. The summed E-state index contributed by atoms with van der Waals surface area (Å²) in [5.41, 5.74) is -0.0247. The number of ether oxygens (including phenoxy) is 1. The van der Waals surface area contributed by atoms with Crippen LogP contribution in [0.2, 0.25) is 0 Å². The Labute approximate surface area is 101 Å². The Morgan fingerprint density at radius 3 is 2.94 bits per heavy atom. The highest BCUT2D eigenvalue weighted by atomic mass is 16.5. The number of pyridine rings is 1. The van der Waals surface area contributed by atoms with Crippen LogP contribution in [-0.4, -0.2) is 37.9 Å². The zero-order valence-electron chi connectivity index (χ0n) is 9.42. The van der Waals surface area contributed by atoms with Gasteiger partial charge in [-0.3, -0.25) is 4.98 Å². The minimum absolute atomic E-state index is 0.486. The maximum absolute atomic E-state index is 11.8. The molecule has 0 spiro atoms. The quantitative estimate of drug-likeness (QED) is 0.534. The highest BCUT2D eigenvalue weighted by Gasteiger charge is 2.06. The molecule has 2 rings (SSSR count).